The molecule has 0 bridgehead atoms. The molecule has 0 radical (unpaired) electrons. The summed E-state index contributed by atoms with van der Waals surface area (Å²) in [5.74, 6) is 1.70. The van der Waals surface area contributed by atoms with E-state index in [1.165, 1.54) is 5.56 Å². The molecule has 0 aromatic heterocycles. The van der Waals surface area contributed by atoms with E-state index in [0.717, 1.165) is 30.8 Å². The second-order valence-corrected chi connectivity index (χ2v) is 5.16. The number of methoxy groups -OCH3 is 2. The molecule has 3 heteroatoms. The van der Waals surface area contributed by atoms with Crippen molar-refractivity contribution in [1.82, 2.24) is 0 Å². The Labute approximate surface area is 103 Å². The van der Waals surface area contributed by atoms with E-state index in [9.17, 15) is 0 Å². The van der Waals surface area contributed by atoms with E-state index in [-0.39, 0.29) is 5.41 Å². The monoisotopic (exact) mass is 235 g/mol. The fraction of sp³-hybridized carbons (Fsp3) is 0.571. The second-order valence-electron chi connectivity index (χ2n) is 5.16. The predicted octanol–water partition coefficient (Wildman–Crippen LogP) is 2.47. The smallest absolute Gasteiger partial charge is 0.122 e. The fourth-order valence-electron chi connectivity index (χ4n) is 2.70. The lowest BCUT2D eigenvalue weighted by atomic mass is 9.80. The summed E-state index contributed by atoms with van der Waals surface area (Å²) >= 11 is 0. The highest BCUT2D eigenvalue weighted by atomic mass is 16.5. The number of ether oxygens (including phenoxy) is 2. The van der Waals surface area contributed by atoms with Gasteiger partial charge in [-0.3, -0.25) is 0 Å². The molecule has 2 atom stereocenters. The molecule has 1 fully saturated rings. The molecule has 1 aromatic carbocycles. The summed E-state index contributed by atoms with van der Waals surface area (Å²) in [6.45, 7) is 2.27. The zero-order chi connectivity index (χ0) is 12.5. The highest BCUT2D eigenvalue weighted by Crippen LogP contribution is 2.42. The standard InChI is InChI=1S/C14H21NO2/c1-14(5-4-11(15)9-14)10-6-12(16-2)8-13(7-10)17-3/h6-8,11H,4-5,9,15H2,1-3H3. The van der Waals surface area contributed by atoms with Crippen LogP contribution in [0, 0.1) is 0 Å². The van der Waals surface area contributed by atoms with Crippen LogP contribution in [0.4, 0.5) is 0 Å². The van der Waals surface area contributed by atoms with Crippen LogP contribution in [0.25, 0.3) is 0 Å². The van der Waals surface area contributed by atoms with Crippen molar-refractivity contribution in [3.63, 3.8) is 0 Å². The van der Waals surface area contributed by atoms with Gasteiger partial charge in [-0.25, -0.2) is 0 Å². The van der Waals surface area contributed by atoms with E-state index >= 15 is 0 Å². The topological polar surface area (TPSA) is 44.5 Å². The van der Waals surface area contributed by atoms with E-state index in [1.807, 2.05) is 6.07 Å². The van der Waals surface area contributed by atoms with Gasteiger partial charge in [-0.15, -0.1) is 0 Å². The summed E-state index contributed by atoms with van der Waals surface area (Å²) in [5.41, 5.74) is 7.45. The van der Waals surface area contributed by atoms with Gasteiger partial charge in [0.05, 0.1) is 14.2 Å². The molecule has 2 unspecified atom stereocenters. The maximum absolute atomic E-state index is 6.03. The third-order valence-corrected chi connectivity index (χ3v) is 3.83. The number of hydrogen-bond donors (Lipinski definition) is 1. The van der Waals surface area contributed by atoms with Crippen LogP contribution in [0.15, 0.2) is 18.2 Å². The highest BCUT2D eigenvalue weighted by Gasteiger charge is 2.35. The summed E-state index contributed by atoms with van der Waals surface area (Å²) in [6.07, 6.45) is 3.25. The minimum absolute atomic E-state index is 0.154. The molecule has 0 amide bonds. The minimum atomic E-state index is 0.154. The first kappa shape index (κ1) is 12.2. The molecule has 17 heavy (non-hydrogen) atoms. The Bertz CT molecular complexity index is 383. The van der Waals surface area contributed by atoms with Gasteiger partial charge in [-0.2, -0.15) is 0 Å². The predicted molar refractivity (Wildman–Crippen MR) is 68.7 cm³/mol. The van der Waals surface area contributed by atoms with Crippen molar-refractivity contribution in [3.8, 4) is 11.5 Å². The van der Waals surface area contributed by atoms with Crippen LogP contribution >= 0.6 is 0 Å². The average Bonchev–Trinajstić information content (AvgIpc) is 2.70. The summed E-state index contributed by atoms with van der Waals surface area (Å²) < 4.78 is 10.6. The van der Waals surface area contributed by atoms with Gasteiger partial charge in [0.25, 0.3) is 0 Å². The first-order valence-corrected chi connectivity index (χ1v) is 6.06. The largest absolute Gasteiger partial charge is 0.497 e. The third-order valence-electron chi connectivity index (χ3n) is 3.83. The van der Waals surface area contributed by atoms with Gasteiger partial charge in [-0.1, -0.05) is 6.92 Å². The molecule has 1 aliphatic carbocycles. The molecule has 94 valence electrons. The molecular formula is C14H21NO2. The average molecular weight is 235 g/mol. The zero-order valence-electron chi connectivity index (χ0n) is 10.8. The molecule has 2 N–H and O–H groups in total. The van der Waals surface area contributed by atoms with Gasteiger partial charge in [0.15, 0.2) is 0 Å². The highest BCUT2D eigenvalue weighted by molar-refractivity contribution is 5.42. The van der Waals surface area contributed by atoms with Crippen LogP contribution in [-0.2, 0) is 5.41 Å². The summed E-state index contributed by atoms with van der Waals surface area (Å²) in [5, 5.41) is 0. The normalized spacial score (nSPS) is 28.1. The van der Waals surface area contributed by atoms with Gasteiger partial charge < -0.3 is 15.2 Å². The van der Waals surface area contributed by atoms with E-state index in [2.05, 4.69) is 19.1 Å². The Morgan fingerprint density at radius 2 is 1.76 bits per heavy atom. The van der Waals surface area contributed by atoms with Crippen LogP contribution in [0.3, 0.4) is 0 Å². The lowest BCUT2D eigenvalue weighted by Crippen LogP contribution is -2.22. The SMILES string of the molecule is COc1cc(OC)cc(C2(C)CCC(N)C2)c1. The van der Waals surface area contributed by atoms with Gasteiger partial charge in [-0.05, 0) is 42.4 Å². The lowest BCUT2D eigenvalue weighted by molar-refractivity contribution is 0.388. The van der Waals surface area contributed by atoms with Gasteiger partial charge in [0.1, 0.15) is 11.5 Å². The number of hydrogen-bond acceptors (Lipinski definition) is 3. The maximum atomic E-state index is 6.03. The molecule has 0 heterocycles. The molecule has 2 rings (SSSR count). The quantitative estimate of drug-likeness (QED) is 0.875. The van der Waals surface area contributed by atoms with Crippen molar-refractivity contribution in [1.29, 1.82) is 0 Å². The second kappa shape index (κ2) is 4.57. The third kappa shape index (κ3) is 2.39. The van der Waals surface area contributed by atoms with Gasteiger partial charge in [0.2, 0.25) is 0 Å². The van der Waals surface area contributed by atoms with Crippen LogP contribution in [0.2, 0.25) is 0 Å². The molecule has 1 aromatic rings. The Morgan fingerprint density at radius 1 is 1.18 bits per heavy atom. The Kier molecular flexibility index (Phi) is 3.29. The van der Waals surface area contributed by atoms with Crippen molar-refractivity contribution >= 4 is 0 Å². The van der Waals surface area contributed by atoms with Crippen LogP contribution in [-0.4, -0.2) is 20.3 Å². The Balaban J connectivity index is 2.37. The summed E-state index contributed by atoms with van der Waals surface area (Å²) in [7, 11) is 3.36. The molecule has 1 saturated carbocycles. The van der Waals surface area contributed by atoms with Gasteiger partial charge >= 0.3 is 0 Å². The van der Waals surface area contributed by atoms with E-state index in [4.69, 9.17) is 15.2 Å². The number of rotatable bonds is 3. The van der Waals surface area contributed by atoms with Crippen molar-refractivity contribution in [3.05, 3.63) is 23.8 Å². The van der Waals surface area contributed by atoms with E-state index in [1.54, 1.807) is 14.2 Å². The lowest BCUT2D eigenvalue weighted by Gasteiger charge is -2.25. The van der Waals surface area contributed by atoms with E-state index in [0.29, 0.717) is 6.04 Å². The number of benzene rings is 1. The summed E-state index contributed by atoms with van der Waals surface area (Å²) in [4.78, 5) is 0. The minimum Gasteiger partial charge on any atom is -0.497 e. The zero-order valence-corrected chi connectivity index (χ0v) is 10.8. The van der Waals surface area contributed by atoms with Crippen molar-refractivity contribution in [2.24, 2.45) is 5.73 Å². The van der Waals surface area contributed by atoms with Crippen molar-refractivity contribution in [2.75, 3.05) is 14.2 Å². The number of nitrogens with two attached hydrogens (primary N) is 1. The molecule has 3 nitrogen and oxygen atoms in total. The van der Waals surface area contributed by atoms with E-state index < -0.39 is 0 Å². The first-order chi connectivity index (χ1) is 8.07. The molecular weight excluding hydrogens is 214 g/mol. The first-order valence-electron chi connectivity index (χ1n) is 6.06. The molecule has 0 spiro atoms. The van der Waals surface area contributed by atoms with Crippen molar-refractivity contribution < 1.29 is 9.47 Å². The molecule has 1 aliphatic rings. The fourth-order valence-corrected chi connectivity index (χ4v) is 2.70. The summed E-state index contributed by atoms with van der Waals surface area (Å²) in [6, 6.07) is 6.42. The van der Waals surface area contributed by atoms with Gasteiger partial charge in [0, 0.05) is 12.1 Å². The van der Waals surface area contributed by atoms with Crippen LogP contribution < -0.4 is 15.2 Å². The van der Waals surface area contributed by atoms with Crippen LogP contribution in [0.1, 0.15) is 31.7 Å². The molecule has 0 aliphatic heterocycles. The van der Waals surface area contributed by atoms with Crippen LogP contribution in [0.5, 0.6) is 11.5 Å². The molecule has 0 saturated heterocycles. The maximum Gasteiger partial charge on any atom is 0.122 e. The van der Waals surface area contributed by atoms with Crippen molar-refractivity contribution in [2.45, 2.75) is 37.6 Å². The Hall–Kier alpha value is -1.22. The Morgan fingerprint density at radius 3 is 2.18 bits per heavy atom.